The molecule has 16 heavy (non-hydrogen) atoms. The first-order valence-corrected chi connectivity index (χ1v) is 5.53. The van der Waals surface area contributed by atoms with Crippen LogP contribution in [0.15, 0.2) is 28.7 Å². The molecule has 0 bridgehead atoms. The number of carboxylic acid groups (broad SMARTS) is 1. The van der Waals surface area contributed by atoms with Crippen LogP contribution in [0.2, 0.25) is 0 Å². The van der Waals surface area contributed by atoms with Crippen molar-refractivity contribution < 1.29 is 9.90 Å². The van der Waals surface area contributed by atoms with E-state index in [-0.39, 0.29) is 6.54 Å². The van der Waals surface area contributed by atoms with Gasteiger partial charge in [-0.05, 0) is 17.7 Å². The highest BCUT2D eigenvalue weighted by Crippen LogP contribution is 2.12. The first kappa shape index (κ1) is 12.8. The van der Waals surface area contributed by atoms with Gasteiger partial charge in [0, 0.05) is 11.0 Å². The number of carbonyl (C=O) groups is 1. The van der Waals surface area contributed by atoms with Gasteiger partial charge in [0.2, 0.25) is 0 Å². The van der Waals surface area contributed by atoms with Gasteiger partial charge in [-0.15, -0.1) is 6.42 Å². The second-order valence-corrected chi connectivity index (χ2v) is 4.29. The number of carboxylic acids is 1. The Kier molecular flexibility index (Phi) is 5.03. The molecule has 1 N–H and O–H groups in total. The zero-order valence-electron chi connectivity index (χ0n) is 8.69. The number of rotatable bonds is 5. The summed E-state index contributed by atoms with van der Waals surface area (Å²) in [6.45, 7) is 0.840. The summed E-state index contributed by atoms with van der Waals surface area (Å²) in [4.78, 5) is 12.3. The highest BCUT2D eigenvalue weighted by Gasteiger charge is 2.08. The third-order valence-corrected chi connectivity index (χ3v) is 2.52. The zero-order valence-corrected chi connectivity index (χ0v) is 10.3. The zero-order chi connectivity index (χ0) is 12.0. The molecule has 0 aliphatic carbocycles. The van der Waals surface area contributed by atoms with Crippen molar-refractivity contribution in [1.82, 2.24) is 4.90 Å². The Morgan fingerprint density at radius 3 is 2.56 bits per heavy atom. The number of benzene rings is 1. The molecule has 0 aliphatic rings. The van der Waals surface area contributed by atoms with Crippen LogP contribution in [-0.2, 0) is 11.3 Å². The summed E-state index contributed by atoms with van der Waals surface area (Å²) in [7, 11) is 0. The molecular weight excluding hydrogens is 270 g/mol. The summed E-state index contributed by atoms with van der Waals surface area (Å²) in [5.74, 6) is 1.59. The predicted octanol–water partition coefficient (Wildman–Crippen LogP) is 1.97. The van der Waals surface area contributed by atoms with Crippen molar-refractivity contribution >= 4 is 21.9 Å². The van der Waals surface area contributed by atoms with E-state index in [1.807, 2.05) is 24.3 Å². The fourth-order valence-electron chi connectivity index (χ4n) is 1.34. The lowest BCUT2D eigenvalue weighted by atomic mass is 10.2. The molecule has 0 heterocycles. The number of terminal acetylenes is 1. The van der Waals surface area contributed by atoms with Crippen LogP contribution < -0.4 is 0 Å². The number of aliphatic carboxylic acids is 1. The summed E-state index contributed by atoms with van der Waals surface area (Å²) in [5, 5.41) is 8.71. The van der Waals surface area contributed by atoms with Crippen molar-refractivity contribution in [3.63, 3.8) is 0 Å². The van der Waals surface area contributed by atoms with Crippen LogP contribution in [0.3, 0.4) is 0 Å². The van der Waals surface area contributed by atoms with E-state index in [0.717, 1.165) is 10.0 Å². The fraction of sp³-hybridized carbons (Fsp3) is 0.250. The Bertz CT molecular complexity index is 394. The van der Waals surface area contributed by atoms with E-state index in [9.17, 15) is 4.79 Å². The standard InChI is InChI=1S/C12H12BrNO2/c1-2-7-14(9-12(15)16)8-10-3-5-11(13)6-4-10/h1,3-6H,7-9H2,(H,15,16). The normalized spacial score (nSPS) is 10.1. The van der Waals surface area contributed by atoms with E-state index in [1.165, 1.54) is 0 Å². The van der Waals surface area contributed by atoms with E-state index < -0.39 is 5.97 Å². The van der Waals surface area contributed by atoms with Gasteiger partial charge in [0.25, 0.3) is 0 Å². The van der Waals surface area contributed by atoms with E-state index in [1.54, 1.807) is 4.90 Å². The van der Waals surface area contributed by atoms with Gasteiger partial charge >= 0.3 is 5.97 Å². The van der Waals surface area contributed by atoms with E-state index in [4.69, 9.17) is 11.5 Å². The Morgan fingerprint density at radius 2 is 2.06 bits per heavy atom. The lowest BCUT2D eigenvalue weighted by molar-refractivity contribution is -0.138. The first-order chi connectivity index (χ1) is 7.61. The van der Waals surface area contributed by atoms with Crippen molar-refractivity contribution in [2.24, 2.45) is 0 Å². The minimum absolute atomic E-state index is 0.0414. The maximum absolute atomic E-state index is 10.6. The maximum atomic E-state index is 10.6. The lowest BCUT2D eigenvalue weighted by Crippen LogP contribution is -2.29. The Morgan fingerprint density at radius 1 is 1.44 bits per heavy atom. The van der Waals surface area contributed by atoms with E-state index in [0.29, 0.717) is 13.1 Å². The fourth-order valence-corrected chi connectivity index (χ4v) is 1.60. The number of halogens is 1. The van der Waals surface area contributed by atoms with Gasteiger partial charge in [-0.25, -0.2) is 0 Å². The minimum Gasteiger partial charge on any atom is -0.480 e. The molecule has 0 saturated carbocycles. The van der Waals surface area contributed by atoms with Gasteiger partial charge in [-0.3, -0.25) is 9.69 Å². The van der Waals surface area contributed by atoms with Crippen LogP contribution in [0.25, 0.3) is 0 Å². The second-order valence-electron chi connectivity index (χ2n) is 3.37. The summed E-state index contributed by atoms with van der Waals surface area (Å²) in [6, 6.07) is 7.72. The third-order valence-electron chi connectivity index (χ3n) is 1.99. The van der Waals surface area contributed by atoms with Crippen molar-refractivity contribution in [3.8, 4) is 12.3 Å². The SMILES string of the molecule is C#CCN(CC(=O)O)Cc1ccc(Br)cc1. The van der Waals surface area contributed by atoms with Gasteiger partial charge in [0.05, 0.1) is 13.1 Å². The van der Waals surface area contributed by atoms with Crippen LogP contribution in [0, 0.1) is 12.3 Å². The molecule has 0 atom stereocenters. The van der Waals surface area contributed by atoms with Crippen LogP contribution in [0.5, 0.6) is 0 Å². The van der Waals surface area contributed by atoms with Gasteiger partial charge in [0.15, 0.2) is 0 Å². The van der Waals surface area contributed by atoms with Gasteiger partial charge in [-0.1, -0.05) is 34.0 Å². The molecule has 1 aromatic carbocycles. The summed E-state index contributed by atoms with van der Waals surface area (Å²) in [5.41, 5.74) is 1.04. The van der Waals surface area contributed by atoms with Crippen LogP contribution >= 0.6 is 15.9 Å². The van der Waals surface area contributed by atoms with Crippen LogP contribution in [0.1, 0.15) is 5.56 Å². The summed E-state index contributed by atoms with van der Waals surface area (Å²) >= 11 is 3.34. The molecule has 84 valence electrons. The quantitative estimate of drug-likeness (QED) is 0.839. The Labute approximate surface area is 103 Å². The predicted molar refractivity (Wildman–Crippen MR) is 65.9 cm³/mol. The molecule has 4 heteroatoms. The molecule has 0 amide bonds. The van der Waals surface area contributed by atoms with Gasteiger partial charge < -0.3 is 5.11 Å². The van der Waals surface area contributed by atoms with Crippen molar-refractivity contribution in [2.45, 2.75) is 6.54 Å². The molecule has 0 spiro atoms. The topological polar surface area (TPSA) is 40.5 Å². The third kappa shape index (κ3) is 4.47. The molecule has 1 rings (SSSR count). The largest absolute Gasteiger partial charge is 0.480 e. The average molecular weight is 282 g/mol. The van der Waals surface area contributed by atoms with Crippen LogP contribution in [0.4, 0.5) is 0 Å². The molecule has 0 fully saturated rings. The molecule has 0 aromatic heterocycles. The maximum Gasteiger partial charge on any atom is 0.317 e. The van der Waals surface area contributed by atoms with Gasteiger partial charge in [-0.2, -0.15) is 0 Å². The van der Waals surface area contributed by atoms with E-state index >= 15 is 0 Å². The first-order valence-electron chi connectivity index (χ1n) is 4.74. The number of hydrogen-bond donors (Lipinski definition) is 1. The molecule has 0 radical (unpaired) electrons. The summed E-state index contributed by atoms with van der Waals surface area (Å²) < 4.78 is 0.998. The molecule has 0 aliphatic heterocycles. The molecule has 3 nitrogen and oxygen atoms in total. The molecule has 1 aromatic rings. The molecule has 0 unspecified atom stereocenters. The lowest BCUT2D eigenvalue weighted by Gasteiger charge is -2.17. The second kappa shape index (κ2) is 6.31. The highest BCUT2D eigenvalue weighted by molar-refractivity contribution is 9.10. The molecular formula is C12H12BrNO2. The highest BCUT2D eigenvalue weighted by atomic mass is 79.9. The van der Waals surface area contributed by atoms with Crippen molar-refractivity contribution in [3.05, 3.63) is 34.3 Å². The number of nitrogens with zero attached hydrogens (tertiary/aromatic N) is 1. The monoisotopic (exact) mass is 281 g/mol. The van der Waals surface area contributed by atoms with Gasteiger partial charge in [0.1, 0.15) is 0 Å². The number of hydrogen-bond acceptors (Lipinski definition) is 2. The Balaban J connectivity index is 2.64. The molecule has 0 saturated heterocycles. The summed E-state index contributed by atoms with van der Waals surface area (Å²) in [6.07, 6.45) is 5.19. The minimum atomic E-state index is -0.868. The van der Waals surface area contributed by atoms with E-state index in [2.05, 4.69) is 21.9 Å². The van der Waals surface area contributed by atoms with Crippen LogP contribution in [-0.4, -0.2) is 29.1 Å². The average Bonchev–Trinajstić information content (AvgIpc) is 2.21. The van der Waals surface area contributed by atoms with Crippen molar-refractivity contribution in [1.29, 1.82) is 0 Å². The van der Waals surface area contributed by atoms with Crippen molar-refractivity contribution in [2.75, 3.05) is 13.1 Å². The Hall–Kier alpha value is -1.31. The smallest absolute Gasteiger partial charge is 0.317 e.